The molecule has 1 heterocycles. The number of cyclic esters (lactones) is 1. The molecule has 1 fully saturated rings. The monoisotopic (exact) mass is 350 g/mol. The molecule has 0 radical (unpaired) electrons. The van der Waals surface area contributed by atoms with Crippen molar-refractivity contribution in [1.82, 2.24) is 0 Å². The second-order valence-corrected chi connectivity index (χ2v) is 7.01. The van der Waals surface area contributed by atoms with Crippen LogP contribution in [0.15, 0.2) is 34.9 Å². The molecule has 1 aliphatic heterocycles. The Balaban J connectivity index is 2.34. The predicted octanol–water partition coefficient (Wildman–Crippen LogP) is 3.22. The van der Waals surface area contributed by atoms with Crippen molar-refractivity contribution in [3.8, 4) is 0 Å². The van der Waals surface area contributed by atoms with Gasteiger partial charge in [0.1, 0.15) is 6.10 Å². The van der Waals surface area contributed by atoms with Crippen LogP contribution in [0.25, 0.3) is 0 Å². The average molecular weight is 350 g/mol. The molecule has 0 aromatic heterocycles. The van der Waals surface area contributed by atoms with Crippen LogP contribution in [0.2, 0.25) is 0 Å². The van der Waals surface area contributed by atoms with E-state index in [9.17, 15) is 19.8 Å². The lowest BCUT2D eigenvalue weighted by Crippen LogP contribution is -2.26. The van der Waals surface area contributed by atoms with Gasteiger partial charge in [0.05, 0.1) is 5.92 Å². The molecule has 0 aliphatic carbocycles. The van der Waals surface area contributed by atoms with E-state index in [4.69, 9.17) is 0 Å². The number of carbonyl (C=O) groups excluding carboxylic acids is 2. The average Bonchev–Trinajstić information content (AvgIpc) is 2.72. The van der Waals surface area contributed by atoms with Gasteiger partial charge in [0, 0.05) is 6.42 Å². The maximum absolute atomic E-state index is 11.7. The highest BCUT2D eigenvalue weighted by Gasteiger charge is 2.41. The fourth-order valence-corrected chi connectivity index (χ4v) is 2.78. The lowest BCUT2D eigenvalue weighted by atomic mass is 9.97. The van der Waals surface area contributed by atoms with Gasteiger partial charge in [-0.05, 0) is 59.5 Å². The summed E-state index contributed by atoms with van der Waals surface area (Å²) in [5, 5.41) is 18.9. The van der Waals surface area contributed by atoms with Crippen LogP contribution in [0.1, 0.15) is 59.8 Å². The Labute approximate surface area is 150 Å². The largest absolute Gasteiger partial charge is 0.433 e. The molecule has 5 heteroatoms. The van der Waals surface area contributed by atoms with Crippen molar-refractivity contribution in [1.29, 1.82) is 0 Å². The molecule has 0 bridgehead atoms. The quantitative estimate of drug-likeness (QED) is 0.379. The van der Waals surface area contributed by atoms with E-state index in [1.165, 1.54) is 5.57 Å². The van der Waals surface area contributed by atoms with Gasteiger partial charge < -0.3 is 14.9 Å². The lowest BCUT2D eigenvalue weighted by Gasteiger charge is -2.09. The highest BCUT2D eigenvalue weighted by Crippen LogP contribution is 2.25. The molecule has 140 valence electrons. The van der Waals surface area contributed by atoms with Gasteiger partial charge in [0.2, 0.25) is 6.29 Å². The summed E-state index contributed by atoms with van der Waals surface area (Å²) in [5.41, 5.74) is 3.28. The van der Waals surface area contributed by atoms with Crippen LogP contribution in [0, 0.1) is 5.92 Å². The van der Waals surface area contributed by atoms with E-state index in [-0.39, 0.29) is 5.78 Å². The lowest BCUT2D eigenvalue weighted by molar-refractivity contribution is -0.159. The van der Waals surface area contributed by atoms with Crippen molar-refractivity contribution < 1.29 is 24.5 Å². The fourth-order valence-electron chi connectivity index (χ4n) is 2.78. The molecule has 0 aromatic carbocycles. The summed E-state index contributed by atoms with van der Waals surface area (Å²) in [6, 6.07) is 0. The van der Waals surface area contributed by atoms with Gasteiger partial charge in [0.25, 0.3) is 0 Å². The van der Waals surface area contributed by atoms with Crippen LogP contribution >= 0.6 is 0 Å². The van der Waals surface area contributed by atoms with Gasteiger partial charge >= 0.3 is 5.97 Å². The maximum atomic E-state index is 11.7. The highest BCUT2D eigenvalue weighted by atomic mass is 16.7. The van der Waals surface area contributed by atoms with Crippen molar-refractivity contribution >= 4 is 11.8 Å². The van der Waals surface area contributed by atoms with E-state index >= 15 is 0 Å². The zero-order valence-electron chi connectivity index (χ0n) is 15.6. The van der Waals surface area contributed by atoms with Crippen molar-refractivity contribution in [2.75, 3.05) is 0 Å². The standard InChI is InChI=1S/C20H30O5/c1-13(2)11-16(21)12-15(4)9-5-7-14(3)8-6-10-17-18(22)20(24)25-19(17)23/h8-9,11,17-18,20,22,24H,5-7,10,12H2,1-4H3/b14-8+,15-9+/t17-,18-,20-/m0/s1. The molecule has 2 N–H and O–H groups in total. The van der Waals surface area contributed by atoms with E-state index in [2.05, 4.69) is 10.8 Å². The van der Waals surface area contributed by atoms with Crippen LogP contribution in [-0.2, 0) is 14.3 Å². The summed E-state index contributed by atoms with van der Waals surface area (Å²) in [4.78, 5) is 23.2. The Morgan fingerprint density at radius 1 is 1.08 bits per heavy atom. The summed E-state index contributed by atoms with van der Waals surface area (Å²) in [5.74, 6) is -1.06. The van der Waals surface area contributed by atoms with Crippen LogP contribution < -0.4 is 0 Å². The van der Waals surface area contributed by atoms with Crippen LogP contribution in [0.3, 0.4) is 0 Å². The predicted molar refractivity (Wildman–Crippen MR) is 96.6 cm³/mol. The second-order valence-electron chi connectivity index (χ2n) is 7.01. The first-order valence-corrected chi connectivity index (χ1v) is 8.76. The number of aliphatic hydroxyl groups excluding tert-OH is 2. The minimum atomic E-state index is -1.40. The molecule has 0 unspecified atom stereocenters. The van der Waals surface area contributed by atoms with E-state index in [1.54, 1.807) is 6.08 Å². The third-order valence-corrected chi connectivity index (χ3v) is 4.15. The van der Waals surface area contributed by atoms with Gasteiger partial charge in [-0.15, -0.1) is 0 Å². The summed E-state index contributed by atoms with van der Waals surface area (Å²) < 4.78 is 4.60. The number of aliphatic hydroxyl groups is 2. The normalized spacial score (nSPS) is 24.2. The van der Waals surface area contributed by atoms with Crippen LogP contribution in [0.5, 0.6) is 0 Å². The molecule has 0 saturated carbocycles. The molecule has 5 nitrogen and oxygen atoms in total. The van der Waals surface area contributed by atoms with Crippen LogP contribution in [0.4, 0.5) is 0 Å². The van der Waals surface area contributed by atoms with Gasteiger partial charge in [-0.1, -0.05) is 28.9 Å². The Kier molecular flexibility index (Phi) is 8.79. The number of carbonyl (C=O) groups is 2. The second kappa shape index (κ2) is 10.3. The molecule has 3 atom stereocenters. The topological polar surface area (TPSA) is 83.8 Å². The molecule has 1 saturated heterocycles. The number of ether oxygens (including phenoxy) is 1. The van der Waals surface area contributed by atoms with Gasteiger partial charge in [-0.2, -0.15) is 0 Å². The molecule has 1 aliphatic rings. The van der Waals surface area contributed by atoms with Crippen LogP contribution in [-0.4, -0.2) is 34.4 Å². The zero-order chi connectivity index (χ0) is 19.0. The minimum absolute atomic E-state index is 0.130. The maximum Gasteiger partial charge on any atom is 0.314 e. The Bertz CT molecular complexity index is 567. The van der Waals surface area contributed by atoms with E-state index < -0.39 is 24.3 Å². The van der Waals surface area contributed by atoms with E-state index in [0.717, 1.165) is 24.0 Å². The van der Waals surface area contributed by atoms with Gasteiger partial charge in [0.15, 0.2) is 5.78 Å². The first-order valence-electron chi connectivity index (χ1n) is 8.76. The molecule has 0 aromatic rings. The first kappa shape index (κ1) is 21.3. The molecular weight excluding hydrogens is 320 g/mol. The van der Waals surface area contributed by atoms with Crippen molar-refractivity contribution in [2.24, 2.45) is 5.92 Å². The van der Waals surface area contributed by atoms with E-state index in [1.807, 2.05) is 33.8 Å². The fraction of sp³-hybridized carbons (Fsp3) is 0.600. The Morgan fingerprint density at radius 3 is 2.28 bits per heavy atom. The number of ketones is 1. The minimum Gasteiger partial charge on any atom is -0.433 e. The van der Waals surface area contributed by atoms with E-state index in [0.29, 0.717) is 19.3 Å². The Hall–Kier alpha value is -1.72. The smallest absolute Gasteiger partial charge is 0.314 e. The third-order valence-electron chi connectivity index (χ3n) is 4.15. The van der Waals surface area contributed by atoms with Gasteiger partial charge in [-0.25, -0.2) is 0 Å². The molecule has 0 amide bonds. The highest BCUT2D eigenvalue weighted by molar-refractivity contribution is 5.91. The van der Waals surface area contributed by atoms with Gasteiger partial charge in [-0.3, -0.25) is 9.59 Å². The number of hydrogen-bond acceptors (Lipinski definition) is 5. The molecule has 1 rings (SSSR count). The summed E-state index contributed by atoms with van der Waals surface area (Å²) in [6.45, 7) is 7.82. The summed E-state index contributed by atoms with van der Waals surface area (Å²) in [6.07, 6.45) is 6.58. The molecular formula is C20H30O5. The number of hydrogen-bond donors (Lipinski definition) is 2. The SMILES string of the molecule is CC(C)=CC(=O)C/C(C)=C/CC/C(C)=C/CC[C@@H]1C(=O)O[C@H](O)[C@H]1O. The van der Waals surface area contributed by atoms with Crippen molar-refractivity contribution in [3.63, 3.8) is 0 Å². The molecule has 25 heavy (non-hydrogen) atoms. The molecule has 0 spiro atoms. The summed E-state index contributed by atoms with van der Waals surface area (Å²) >= 11 is 0. The Morgan fingerprint density at radius 2 is 1.72 bits per heavy atom. The first-order chi connectivity index (χ1) is 11.7. The number of allylic oxidation sites excluding steroid dienone is 6. The van der Waals surface area contributed by atoms with Crippen molar-refractivity contribution in [3.05, 3.63) is 34.9 Å². The third kappa shape index (κ3) is 7.80. The zero-order valence-corrected chi connectivity index (χ0v) is 15.6. The summed E-state index contributed by atoms with van der Waals surface area (Å²) in [7, 11) is 0. The van der Waals surface area contributed by atoms with Crippen molar-refractivity contribution in [2.45, 2.75) is 72.2 Å². The number of rotatable bonds is 9. The number of esters is 1.